The van der Waals surface area contributed by atoms with E-state index in [1.54, 1.807) is 0 Å². The molecule has 0 aliphatic carbocycles. The molecule has 3 heteroatoms. The third kappa shape index (κ3) is 2.55. The van der Waals surface area contributed by atoms with Crippen LogP contribution in [0, 0.1) is 11.3 Å². The van der Waals surface area contributed by atoms with Gasteiger partial charge in [-0.3, -0.25) is 0 Å². The summed E-state index contributed by atoms with van der Waals surface area (Å²) < 4.78 is 2.11. The van der Waals surface area contributed by atoms with Crippen LogP contribution in [0.2, 0.25) is 0 Å². The van der Waals surface area contributed by atoms with Gasteiger partial charge in [-0.1, -0.05) is 12.1 Å². The monoisotopic (exact) mass is 225 g/mol. The molecule has 3 nitrogen and oxygen atoms in total. The number of nitriles is 1. The number of rotatable bonds is 3. The minimum Gasteiger partial charge on any atom is -0.346 e. The van der Waals surface area contributed by atoms with Crippen molar-refractivity contribution in [3.8, 4) is 6.07 Å². The van der Waals surface area contributed by atoms with Crippen molar-refractivity contribution in [2.45, 2.75) is 19.5 Å². The van der Waals surface area contributed by atoms with E-state index in [2.05, 4.69) is 10.6 Å². The maximum absolute atomic E-state index is 8.85. The topological polar surface area (TPSA) is 54.7 Å². The van der Waals surface area contributed by atoms with Crippen LogP contribution in [-0.2, 0) is 6.54 Å². The predicted molar refractivity (Wildman–Crippen MR) is 67.3 cm³/mol. The molecule has 17 heavy (non-hydrogen) atoms. The predicted octanol–water partition coefficient (Wildman–Crippen LogP) is 2.43. The molecule has 1 aromatic carbocycles. The fraction of sp³-hybridized carbons (Fsp3) is 0.214. The zero-order valence-corrected chi connectivity index (χ0v) is 9.80. The first kappa shape index (κ1) is 11.4. The van der Waals surface area contributed by atoms with E-state index in [1.807, 2.05) is 49.5 Å². The molecular formula is C14H15N3. The molecule has 2 rings (SSSR count). The van der Waals surface area contributed by atoms with Gasteiger partial charge in [0, 0.05) is 24.5 Å². The standard InChI is InChI=1S/C14H15N3/c1-11(16)14-6-3-7-17(14)10-13-5-2-4-12(8-13)9-15/h2-8,11H,10,16H2,1H3. The lowest BCUT2D eigenvalue weighted by Gasteiger charge is -2.12. The number of benzene rings is 1. The summed E-state index contributed by atoms with van der Waals surface area (Å²) in [5.74, 6) is 0. The summed E-state index contributed by atoms with van der Waals surface area (Å²) in [7, 11) is 0. The van der Waals surface area contributed by atoms with Crippen LogP contribution in [0.15, 0.2) is 42.6 Å². The molecular weight excluding hydrogens is 210 g/mol. The van der Waals surface area contributed by atoms with E-state index in [0.29, 0.717) is 5.56 Å². The number of nitrogens with zero attached hydrogens (tertiary/aromatic N) is 2. The summed E-state index contributed by atoms with van der Waals surface area (Å²) in [6, 6.07) is 13.8. The largest absolute Gasteiger partial charge is 0.346 e. The molecule has 1 atom stereocenters. The van der Waals surface area contributed by atoms with E-state index in [9.17, 15) is 0 Å². The van der Waals surface area contributed by atoms with E-state index >= 15 is 0 Å². The van der Waals surface area contributed by atoms with Gasteiger partial charge in [-0.05, 0) is 36.8 Å². The SMILES string of the molecule is CC(N)c1cccn1Cc1cccc(C#N)c1. The van der Waals surface area contributed by atoms with E-state index in [-0.39, 0.29) is 6.04 Å². The Morgan fingerprint density at radius 2 is 2.18 bits per heavy atom. The van der Waals surface area contributed by atoms with Crippen LogP contribution in [0.25, 0.3) is 0 Å². The van der Waals surface area contributed by atoms with E-state index in [4.69, 9.17) is 11.0 Å². The van der Waals surface area contributed by atoms with Crippen molar-refractivity contribution in [3.63, 3.8) is 0 Å². The zero-order chi connectivity index (χ0) is 12.3. The first-order chi connectivity index (χ1) is 8.20. The summed E-state index contributed by atoms with van der Waals surface area (Å²) >= 11 is 0. The van der Waals surface area contributed by atoms with Crippen LogP contribution in [-0.4, -0.2) is 4.57 Å². The molecule has 0 amide bonds. The molecule has 0 bridgehead atoms. The van der Waals surface area contributed by atoms with E-state index in [0.717, 1.165) is 17.8 Å². The van der Waals surface area contributed by atoms with Gasteiger partial charge in [0.25, 0.3) is 0 Å². The normalized spacial score (nSPS) is 12.1. The number of aromatic nitrogens is 1. The Morgan fingerprint density at radius 3 is 2.88 bits per heavy atom. The molecule has 0 spiro atoms. The Balaban J connectivity index is 2.26. The maximum Gasteiger partial charge on any atom is 0.0991 e. The first-order valence-electron chi connectivity index (χ1n) is 5.60. The molecule has 2 aromatic rings. The van der Waals surface area contributed by atoms with Crippen molar-refractivity contribution < 1.29 is 0 Å². The quantitative estimate of drug-likeness (QED) is 0.872. The molecule has 2 N–H and O–H groups in total. The van der Waals surface area contributed by atoms with Crippen molar-refractivity contribution in [2.75, 3.05) is 0 Å². The highest BCUT2D eigenvalue weighted by Gasteiger charge is 2.05. The molecule has 1 aromatic heterocycles. The third-order valence-electron chi connectivity index (χ3n) is 2.74. The van der Waals surface area contributed by atoms with Crippen molar-refractivity contribution >= 4 is 0 Å². The summed E-state index contributed by atoms with van der Waals surface area (Å²) in [5.41, 5.74) is 8.80. The van der Waals surface area contributed by atoms with Crippen molar-refractivity contribution in [1.29, 1.82) is 5.26 Å². The highest BCUT2D eigenvalue weighted by atomic mass is 15.0. The molecule has 1 heterocycles. The lowest BCUT2D eigenvalue weighted by Crippen LogP contribution is -2.12. The maximum atomic E-state index is 8.85. The molecule has 0 radical (unpaired) electrons. The Hall–Kier alpha value is -2.05. The van der Waals surface area contributed by atoms with Crippen molar-refractivity contribution in [2.24, 2.45) is 5.73 Å². The van der Waals surface area contributed by atoms with Crippen molar-refractivity contribution in [3.05, 3.63) is 59.4 Å². The van der Waals surface area contributed by atoms with Gasteiger partial charge in [0.1, 0.15) is 0 Å². The Morgan fingerprint density at radius 1 is 1.35 bits per heavy atom. The van der Waals surface area contributed by atoms with Crippen LogP contribution in [0.5, 0.6) is 0 Å². The molecule has 0 saturated heterocycles. The van der Waals surface area contributed by atoms with Gasteiger partial charge in [-0.15, -0.1) is 0 Å². The van der Waals surface area contributed by atoms with Gasteiger partial charge in [-0.2, -0.15) is 5.26 Å². The highest BCUT2D eigenvalue weighted by molar-refractivity contribution is 5.33. The Kier molecular flexibility index (Phi) is 3.27. The van der Waals surface area contributed by atoms with E-state index in [1.165, 1.54) is 0 Å². The second kappa shape index (κ2) is 4.86. The van der Waals surface area contributed by atoms with Gasteiger partial charge >= 0.3 is 0 Å². The second-order valence-corrected chi connectivity index (χ2v) is 4.16. The van der Waals surface area contributed by atoms with Crippen LogP contribution in [0.1, 0.15) is 29.8 Å². The smallest absolute Gasteiger partial charge is 0.0991 e. The van der Waals surface area contributed by atoms with Gasteiger partial charge in [0.2, 0.25) is 0 Å². The van der Waals surface area contributed by atoms with Crippen LogP contribution >= 0.6 is 0 Å². The third-order valence-corrected chi connectivity index (χ3v) is 2.74. The van der Waals surface area contributed by atoms with Crippen molar-refractivity contribution in [1.82, 2.24) is 4.57 Å². The summed E-state index contributed by atoms with van der Waals surface area (Å²) in [5, 5.41) is 8.85. The average molecular weight is 225 g/mol. The summed E-state index contributed by atoms with van der Waals surface area (Å²) in [4.78, 5) is 0. The summed E-state index contributed by atoms with van der Waals surface area (Å²) in [6.45, 7) is 2.72. The number of nitrogens with two attached hydrogens (primary N) is 1. The van der Waals surface area contributed by atoms with Gasteiger partial charge < -0.3 is 10.3 Å². The fourth-order valence-corrected chi connectivity index (χ4v) is 1.92. The number of hydrogen-bond donors (Lipinski definition) is 1. The molecule has 86 valence electrons. The molecule has 0 fully saturated rings. The second-order valence-electron chi connectivity index (χ2n) is 4.16. The van der Waals surface area contributed by atoms with Crippen LogP contribution in [0.4, 0.5) is 0 Å². The first-order valence-corrected chi connectivity index (χ1v) is 5.60. The summed E-state index contributed by atoms with van der Waals surface area (Å²) in [6.07, 6.45) is 2.01. The molecule has 1 unspecified atom stereocenters. The van der Waals surface area contributed by atoms with Gasteiger partial charge in [0.05, 0.1) is 11.6 Å². The minimum atomic E-state index is 0.0177. The zero-order valence-electron chi connectivity index (χ0n) is 9.80. The van der Waals surface area contributed by atoms with E-state index < -0.39 is 0 Å². The molecule has 0 aliphatic heterocycles. The molecule has 0 aliphatic rings. The lowest BCUT2D eigenvalue weighted by atomic mass is 10.1. The average Bonchev–Trinajstić information content (AvgIpc) is 2.77. The molecule has 0 saturated carbocycles. The Labute approximate surface area is 101 Å². The fourth-order valence-electron chi connectivity index (χ4n) is 1.92. The van der Waals surface area contributed by atoms with Crippen LogP contribution < -0.4 is 5.73 Å². The van der Waals surface area contributed by atoms with Gasteiger partial charge in [-0.25, -0.2) is 0 Å². The Bertz CT molecular complexity index is 547. The van der Waals surface area contributed by atoms with Crippen LogP contribution in [0.3, 0.4) is 0 Å². The highest BCUT2D eigenvalue weighted by Crippen LogP contribution is 2.14. The lowest BCUT2D eigenvalue weighted by molar-refractivity contribution is 0.675. The van der Waals surface area contributed by atoms with Gasteiger partial charge in [0.15, 0.2) is 0 Å². The number of hydrogen-bond acceptors (Lipinski definition) is 2. The minimum absolute atomic E-state index is 0.0177.